The number of hydrogen-bond acceptors (Lipinski definition) is 2. The second-order valence-corrected chi connectivity index (χ2v) is 3.96. The summed E-state index contributed by atoms with van der Waals surface area (Å²) in [5, 5.41) is 130. The minimum atomic E-state index is 2.50. The van der Waals surface area contributed by atoms with Crippen molar-refractivity contribution in [2.24, 2.45) is 230 Å². The molecule has 0 aromatic carbocycles. The molecule has 46 heteroatoms. The molecule has 0 heterocycles. The van der Waals surface area contributed by atoms with E-state index >= 15 is 0 Å². The summed E-state index contributed by atoms with van der Waals surface area (Å²) in [5.74, 6) is 0. The molecule has 0 fully saturated rings. The molecule has 0 aliphatic rings. The Labute approximate surface area is 242 Å². The molecule has 0 aromatic rings. The number of rotatable bonds is 22. The first-order valence-electron chi connectivity index (χ1n) is 9.05. The van der Waals surface area contributed by atoms with Crippen molar-refractivity contribution in [2.75, 3.05) is 0 Å². The first-order chi connectivity index (χ1) is 22.9. The first-order valence-corrected chi connectivity index (χ1v) is 9.05. The highest BCUT2D eigenvalue weighted by Crippen LogP contribution is 1.92. The molecule has 0 aliphatic carbocycles. The van der Waals surface area contributed by atoms with Gasteiger partial charge in [0.25, 0.3) is 0 Å². The normalized spacial score (nSPS) is 15.0. The molecular formula is H2N46. The van der Waals surface area contributed by atoms with Crippen molar-refractivity contribution in [2.45, 2.75) is 0 Å². The van der Waals surface area contributed by atoms with Crippen LogP contribution in [0.2, 0.25) is 0 Å². The van der Waals surface area contributed by atoms with Crippen molar-refractivity contribution in [3.05, 3.63) is 0 Å². The van der Waals surface area contributed by atoms with E-state index in [1.165, 1.54) is 0 Å². The summed E-state index contributed by atoms with van der Waals surface area (Å²) in [6.07, 6.45) is 0. The molecule has 0 atom stereocenters. The topological polar surface area (TPSA) is 592 Å². The molecule has 0 unspecified atom stereocenters. The Morgan fingerprint density at radius 1 is 0.109 bits per heavy atom. The molecule has 2 N–H and O–H groups in total. The van der Waals surface area contributed by atoms with Crippen LogP contribution < -0.4 is 0 Å². The van der Waals surface area contributed by atoms with Crippen molar-refractivity contribution >= 4 is 0 Å². The van der Waals surface area contributed by atoms with Gasteiger partial charge in [-0.25, -0.2) is 0 Å². The minimum Gasteiger partial charge on any atom is -0.183 e. The molecule has 232 valence electrons. The van der Waals surface area contributed by atoms with E-state index in [2.05, 4.69) is 230 Å². The summed E-state index contributed by atoms with van der Waals surface area (Å²) in [7, 11) is 0. The third-order valence-electron chi connectivity index (χ3n) is 1.73. The van der Waals surface area contributed by atoms with Gasteiger partial charge in [-0.3, -0.25) is 0 Å². The Morgan fingerprint density at radius 3 is 0.239 bits per heavy atom. The van der Waals surface area contributed by atoms with Crippen LogP contribution in [0.25, 0.3) is 0 Å². The number of nitrogens with zero attached hydrogens (tertiary/aromatic N) is 44. The Hall–Kier alpha value is -9.20. The van der Waals surface area contributed by atoms with Crippen LogP contribution in [0.5, 0.6) is 0 Å². The third kappa shape index (κ3) is 34.8. The highest BCUT2D eigenvalue weighted by Gasteiger charge is 1.74. The Kier molecular flexibility index (Phi) is 28.6. The van der Waals surface area contributed by atoms with Crippen LogP contribution in [0.4, 0.5) is 0 Å². The largest absolute Gasteiger partial charge is 0.183 e. The van der Waals surface area contributed by atoms with Crippen molar-refractivity contribution in [3.63, 3.8) is 0 Å². The lowest BCUT2D eigenvalue weighted by Gasteiger charge is -1.70. The van der Waals surface area contributed by atoms with Crippen LogP contribution in [-0.2, 0) is 0 Å². The molecule has 0 saturated heterocycles. The molecule has 46 nitrogen and oxygen atoms in total. The average Bonchev–Trinajstić information content (AvgIpc) is 3.07. The van der Waals surface area contributed by atoms with Gasteiger partial charge in [-0.05, 0) is 83.6 Å². The van der Waals surface area contributed by atoms with Crippen molar-refractivity contribution < 1.29 is 0 Å². The molecule has 0 rings (SSSR count). The second-order valence-electron chi connectivity index (χ2n) is 3.96. The fourth-order valence-corrected chi connectivity index (χ4v) is 0.756. The minimum absolute atomic E-state index is 2.50. The van der Waals surface area contributed by atoms with Gasteiger partial charge in [0.1, 0.15) is 0 Å². The van der Waals surface area contributed by atoms with Gasteiger partial charge < -0.3 is 0 Å². The fraction of sp³-hybridized carbons (Fsp3) is 0. The lowest BCUT2D eigenvalue weighted by molar-refractivity contribution is 0.725. The van der Waals surface area contributed by atoms with Crippen molar-refractivity contribution in [1.82, 2.24) is 0 Å². The van der Waals surface area contributed by atoms with E-state index in [0.29, 0.717) is 0 Å². The van der Waals surface area contributed by atoms with Crippen LogP contribution in [0.15, 0.2) is 230 Å². The summed E-state index contributed by atoms with van der Waals surface area (Å²) in [6, 6.07) is 0. The number of nitrogens with one attached hydrogen (secondary N) is 2. The highest BCUT2D eigenvalue weighted by molar-refractivity contribution is 4.17. The van der Waals surface area contributed by atoms with Gasteiger partial charge in [0.05, 0.1) is 0 Å². The summed E-state index contributed by atoms with van der Waals surface area (Å²) >= 11 is 0. The van der Waals surface area contributed by atoms with Crippen LogP contribution >= 0.6 is 0 Å². The summed E-state index contributed by atoms with van der Waals surface area (Å²) in [5.41, 5.74) is 12.5. The number of hydrogen-bond donors (Lipinski definition) is 2. The fourth-order valence-electron chi connectivity index (χ4n) is 0.756. The van der Waals surface area contributed by atoms with Crippen molar-refractivity contribution in [1.29, 1.82) is 11.1 Å². The van der Waals surface area contributed by atoms with E-state index in [1.807, 2.05) is 0 Å². The van der Waals surface area contributed by atoms with E-state index < -0.39 is 0 Å². The zero-order chi connectivity index (χ0) is 33.1. The maximum atomic E-state index is 6.25. The van der Waals surface area contributed by atoms with E-state index in [-0.39, 0.29) is 0 Å². The summed E-state index contributed by atoms with van der Waals surface area (Å²) in [6.45, 7) is 0. The summed E-state index contributed by atoms with van der Waals surface area (Å²) < 4.78 is 0. The van der Waals surface area contributed by atoms with Gasteiger partial charge in [-0.15, -0.1) is 0 Å². The monoisotopic (exact) mass is 646 g/mol. The molecule has 46 heavy (non-hydrogen) atoms. The molecule has 0 bridgehead atoms. The molecule has 0 aromatic heterocycles. The van der Waals surface area contributed by atoms with Gasteiger partial charge in [-0.2, -0.15) is 11.1 Å². The predicted octanol–water partition coefficient (Wildman–Crippen LogP) is 8.67. The average molecular weight is 646 g/mol. The smallest absolute Gasteiger partial charge is 0 e. The third-order valence-corrected chi connectivity index (χ3v) is 1.73. The molecule has 0 saturated carbocycles. The predicted molar refractivity (Wildman–Crippen MR) is 112 cm³/mol. The molecule has 0 aliphatic heterocycles. The van der Waals surface area contributed by atoms with Gasteiger partial charge in [0.15, 0.2) is 0 Å². The van der Waals surface area contributed by atoms with Crippen LogP contribution in [0, 0.1) is 11.1 Å². The summed E-state index contributed by atoms with van der Waals surface area (Å²) in [4.78, 5) is 0. The SMILES string of the molecule is N=N/N=N/N=N/N=N/N=N/N=N/N=N/N=N/N=N/N=N/N=N/N=N/N=N/N=N/N=N/N=N/N=N/N=N/N=N/N=N/N=N/N=N/N=N. The Bertz CT molecular complexity index is 1310. The first kappa shape index (κ1) is 36.8. The lowest BCUT2D eigenvalue weighted by atomic mass is 12.3. The highest BCUT2D eigenvalue weighted by atomic mass is 15.7. The second kappa shape index (κ2) is 35.8. The molecule has 0 radical (unpaired) electrons. The standard InChI is InChI=1S/H2N46/c1-3-5-7-9-11-13-15-17-19-21-23-25-27-29-31-33-35-37-39-41-43-45-46-44-42-40-38-36-34-32-30-28-26-24-22-20-18-16-14-12-10-8-6-4-2/h1-2H/b3-1?,4-2?,7-5+,8-6+,11-9+,12-10+,15-13+,16-14+,19-17+,20-18+,23-21+,24-22+,27-25+,28-26+,31-29+,32-30+,35-33+,36-34+,39-37+,40-38+,43-41+,44-42+,46-45+. The van der Waals surface area contributed by atoms with E-state index in [1.54, 1.807) is 0 Å². The zero-order valence-corrected chi connectivity index (χ0v) is 20.7. The van der Waals surface area contributed by atoms with Crippen LogP contribution in [-0.4, -0.2) is 0 Å². The Morgan fingerprint density at radius 2 is 0.174 bits per heavy atom. The molecule has 0 spiro atoms. The molecule has 0 amide bonds. The van der Waals surface area contributed by atoms with E-state index in [4.69, 9.17) is 11.1 Å². The van der Waals surface area contributed by atoms with E-state index in [9.17, 15) is 0 Å². The van der Waals surface area contributed by atoms with Gasteiger partial charge in [0.2, 0.25) is 0 Å². The van der Waals surface area contributed by atoms with Crippen molar-refractivity contribution in [3.8, 4) is 0 Å². The van der Waals surface area contributed by atoms with Crippen LogP contribution in [0.1, 0.15) is 0 Å². The Balaban J connectivity index is 4.04. The van der Waals surface area contributed by atoms with Gasteiger partial charge >= 0.3 is 0 Å². The zero-order valence-electron chi connectivity index (χ0n) is 20.7. The van der Waals surface area contributed by atoms with Crippen LogP contribution in [0.3, 0.4) is 0 Å². The maximum absolute atomic E-state index is 6.25. The van der Waals surface area contributed by atoms with E-state index in [0.717, 1.165) is 0 Å². The van der Waals surface area contributed by atoms with Gasteiger partial charge in [0, 0.05) is 146 Å². The quantitative estimate of drug-likeness (QED) is 0.0822. The lowest BCUT2D eigenvalue weighted by Crippen LogP contribution is -1.52. The maximum Gasteiger partial charge on any atom is 0 e. The van der Waals surface area contributed by atoms with Gasteiger partial charge in [-0.1, -0.05) is 0 Å². The molecular weight excluding hydrogens is 644 g/mol.